The van der Waals surface area contributed by atoms with Gasteiger partial charge in [-0.25, -0.2) is 0 Å². The molecule has 3 heterocycles. The summed E-state index contributed by atoms with van der Waals surface area (Å²) in [5.41, 5.74) is 4.08. The van der Waals surface area contributed by atoms with Crippen molar-refractivity contribution < 1.29 is 14.3 Å². The van der Waals surface area contributed by atoms with Crippen LogP contribution in [-0.2, 0) is 11.2 Å². The number of halogens is 1. The molecule has 0 bridgehead atoms. The van der Waals surface area contributed by atoms with E-state index in [0.717, 1.165) is 36.5 Å². The Balaban J connectivity index is 1.20. The number of hydrogen-bond acceptors (Lipinski definition) is 3. The minimum Gasteiger partial charge on any atom is -0.486 e. The van der Waals surface area contributed by atoms with E-state index >= 15 is 0 Å². The average Bonchev–Trinajstić information content (AvgIpc) is 3.59. The van der Waals surface area contributed by atoms with Crippen LogP contribution in [-0.4, -0.2) is 40.9 Å². The maximum atomic E-state index is 13.1. The molecule has 5 nitrogen and oxygen atoms in total. The molecule has 6 heteroatoms. The van der Waals surface area contributed by atoms with Gasteiger partial charge >= 0.3 is 0 Å². The number of Topliss-reactive ketones (excluding diaryl/α,β-unsaturated/α-hetero) is 1. The number of aromatic nitrogens is 1. The number of hydrogen-bond donors (Lipinski definition) is 0. The van der Waals surface area contributed by atoms with Gasteiger partial charge in [-0.2, -0.15) is 0 Å². The fourth-order valence-electron chi connectivity index (χ4n) is 5.22. The number of fused-ring (bicyclic) bond motifs is 2. The predicted octanol–water partition coefficient (Wildman–Crippen LogP) is 5.15. The molecule has 1 aliphatic carbocycles. The van der Waals surface area contributed by atoms with Crippen molar-refractivity contribution in [2.45, 2.75) is 44.1 Å². The lowest BCUT2D eigenvalue weighted by Gasteiger charge is -2.32. The molecule has 0 spiro atoms. The van der Waals surface area contributed by atoms with Crippen LogP contribution >= 0.6 is 11.6 Å². The van der Waals surface area contributed by atoms with Crippen LogP contribution in [0.15, 0.2) is 42.6 Å². The van der Waals surface area contributed by atoms with E-state index in [1.807, 2.05) is 29.2 Å². The molecular weight excluding hydrogens is 424 g/mol. The highest BCUT2D eigenvalue weighted by Gasteiger charge is 2.30. The third-order valence-corrected chi connectivity index (χ3v) is 7.31. The summed E-state index contributed by atoms with van der Waals surface area (Å²) in [6.07, 6.45) is 7.05. The van der Waals surface area contributed by atoms with Crippen molar-refractivity contribution in [3.63, 3.8) is 0 Å². The first-order chi connectivity index (χ1) is 15.6. The molecule has 1 aromatic heterocycles. The summed E-state index contributed by atoms with van der Waals surface area (Å²) >= 11 is 6.29. The monoisotopic (exact) mass is 448 g/mol. The van der Waals surface area contributed by atoms with Gasteiger partial charge in [-0.3, -0.25) is 9.59 Å². The Kier molecular flexibility index (Phi) is 4.76. The van der Waals surface area contributed by atoms with Gasteiger partial charge in [-0.1, -0.05) is 17.7 Å². The molecule has 2 aromatic carbocycles. The smallest absolute Gasteiger partial charge is 0.253 e. The third kappa shape index (κ3) is 3.49. The Hall–Kier alpha value is -2.79. The van der Waals surface area contributed by atoms with Gasteiger partial charge in [0.15, 0.2) is 5.78 Å². The quantitative estimate of drug-likeness (QED) is 0.556. The van der Waals surface area contributed by atoms with Crippen molar-refractivity contribution in [1.82, 2.24) is 9.47 Å². The molecule has 164 valence electrons. The van der Waals surface area contributed by atoms with Gasteiger partial charge in [-0.15, -0.1) is 0 Å². The van der Waals surface area contributed by atoms with Gasteiger partial charge in [0.2, 0.25) is 0 Å². The number of nitrogens with zero attached hydrogens (tertiary/aromatic N) is 2. The highest BCUT2D eigenvalue weighted by atomic mass is 35.5. The van der Waals surface area contributed by atoms with Crippen LogP contribution in [0, 0.1) is 0 Å². The number of carbonyl (C=O) groups is 2. The Labute approximate surface area is 191 Å². The number of likely N-dealkylation sites (tertiary alicyclic amines) is 1. The van der Waals surface area contributed by atoms with Crippen molar-refractivity contribution in [3.8, 4) is 5.75 Å². The molecule has 0 radical (unpaired) electrons. The Morgan fingerprint density at radius 1 is 1.03 bits per heavy atom. The maximum absolute atomic E-state index is 13.1. The molecular formula is C26H25ClN2O3. The molecule has 3 aliphatic rings. The van der Waals surface area contributed by atoms with Crippen LogP contribution in [0.1, 0.15) is 59.1 Å². The number of ketones is 1. The van der Waals surface area contributed by atoms with Crippen LogP contribution in [0.2, 0.25) is 5.02 Å². The number of benzene rings is 2. The molecule has 2 fully saturated rings. The Morgan fingerprint density at radius 2 is 1.84 bits per heavy atom. The largest absolute Gasteiger partial charge is 0.486 e. The summed E-state index contributed by atoms with van der Waals surface area (Å²) in [4.78, 5) is 26.8. The molecule has 0 unspecified atom stereocenters. The van der Waals surface area contributed by atoms with Crippen molar-refractivity contribution in [1.29, 1.82) is 0 Å². The SMILES string of the molecule is O=C1COc2ccc(C(=O)N3CCC(c4cn(C5CC5)c5cc(Cl)ccc45)CC3)cc2C1. The molecule has 32 heavy (non-hydrogen) atoms. The molecule has 3 aromatic rings. The van der Waals surface area contributed by atoms with E-state index in [9.17, 15) is 9.59 Å². The fraction of sp³-hybridized carbons (Fsp3) is 0.385. The minimum absolute atomic E-state index is 0.0384. The molecule has 1 saturated heterocycles. The molecule has 1 amide bonds. The van der Waals surface area contributed by atoms with Crippen molar-refractivity contribution in [2.75, 3.05) is 19.7 Å². The molecule has 6 rings (SSSR count). The highest BCUT2D eigenvalue weighted by Crippen LogP contribution is 2.42. The lowest BCUT2D eigenvalue weighted by molar-refractivity contribution is -0.121. The number of piperidine rings is 1. The fourth-order valence-corrected chi connectivity index (χ4v) is 5.39. The van der Waals surface area contributed by atoms with Crippen LogP contribution in [0.25, 0.3) is 10.9 Å². The minimum atomic E-state index is 0.0384. The summed E-state index contributed by atoms with van der Waals surface area (Å²) in [5, 5.41) is 2.08. The average molecular weight is 449 g/mol. The van der Waals surface area contributed by atoms with Crippen LogP contribution in [0.4, 0.5) is 0 Å². The Bertz CT molecular complexity index is 1240. The van der Waals surface area contributed by atoms with Gasteiger partial charge in [-0.05, 0) is 67.5 Å². The van der Waals surface area contributed by atoms with Crippen LogP contribution < -0.4 is 4.74 Å². The highest BCUT2D eigenvalue weighted by molar-refractivity contribution is 6.31. The second-order valence-corrected chi connectivity index (χ2v) is 9.71. The number of ether oxygens (including phenoxy) is 1. The van der Waals surface area contributed by atoms with E-state index < -0.39 is 0 Å². The lowest BCUT2D eigenvalue weighted by Crippen LogP contribution is -2.38. The van der Waals surface area contributed by atoms with E-state index in [-0.39, 0.29) is 18.3 Å². The standard InChI is InChI=1S/C26H25ClN2O3/c27-19-2-5-22-23(14-29(20-3-4-20)24(22)13-19)16-7-9-28(10-8-16)26(31)17-1-6-25-18(11-17)12-21(30)15-32-25/h1-2,5-6,11,13-14,16,20H,3-4,7-10,12,15H2. The molecule has 1 saturated carbocycles. The predicted molar refractivity (Wildman–Crippen MR) is 124 cm³/mol. The summed E-state index contributed by atoms with van der Waals surface area (Å²) in [7, 11) is 0. The molecule has 0 atom stereocenters. The van der Waals surface area contributed by atoms with E-state index in [0.29, 0.717) is 29.7 Å². The number of carbonyl (C=O) groups excluding carboxylic acids is 2. The van der Waals surface area contributed by atoms with Crippen molar-refractivity contribution in [3.05, 3.63) is 64.3 Å². The zero-order chi connectivity index (χ0) is 21.8. The zero-order valence-electron chi connectivity index (χ0n) is 17.9. The first kappa shape index (κ1) is 19.9. The summed E-state index contributed by atoms with van der Waals surface area (Å²) in [6.45, 7) is 1.59. The number of rotatable bonds is 3. The Morgan fingerprint density at radius 3 is 2.62 bits per heavy atom. The topological polar surface area (TPSA) is 51.5 Å². The third-order valence-electron chi connectivity index (χ3n) is 7.07. The van der Waals surface area contributed by atoms with Crippen molar-refractivity contribution in [2.24, 2.45) is 0 Å². The summed E-state index contributed by atoms with van der Waals surface area (Å²) in [5.74, 6) is 1.25. The van der Waals surface area contributed by atoms with Gasteiger partial charge in [0.1, 0.15) is 12.4 Å². The van der Waals surface area contributed by atoms with Gasteiger partial charge in [0, 0.05) is 53.3 Å². The lowest BCUT2D eigenvalue weighted by atomic mass is 9.89. The van der Waals surface area contributed by atoms with E-state index in [1.54, 1.807) is 0 Å². The first-order valence-electron chi connectivity index (χ1n) is 11.4. The molecule has 2 aliphatic heterocycles. The van der Waals surface area contributed by atoms with Crippen LogP contribution in [0.5, 0.6) is 5.75 Å². The zero-order valence-corrected chi connectivity index (χ0v) is 18.6. The van der Waals surface area contributed by atoms with E-state index in [4.69, 9.17) is 16.3 Å². The first-order valence-corrected chi connectivity index (χ1v) is 11.8. The second kappa shape index (κ2) is 7.66. The van der Waals surface area contributed by atoms with Gasteiger partial charge in [0.25, 0.3) is 5.91 Å². The van der Waals surface area contributed by atoms with Crippen LogP contribution in [0.3, 0.4) is 0 Å². The van der Waals surface area contributed by atoms with E-state index in [1.165, 1.54) is 29.3 Å². The maximum Gasteiger partial charge on any atom is 0.253 e. The van der Waals surface area contributed by atoms with Gasteiger partial charge < -0.3 is 14.2 Å². The molecule has 0 N–H and O–H groups in total. The summed E-state index contributed by atoms with van der Waals surface area (Å²) < 4.78 is 7.87. The summed E-state index contributed by atoms with van der Waals surface area (Å²) in [6, 6.07) is 12.3. The number of amides is 1. The second-order valence-electron chi connectivity index (χ2n) is 9.28. The van der Waals surface area contributed by atoms with E-state index in [2.05, 4.69) is 22.9 Å². The van der Waals surface area contributed by atoms with Gasteiger partial charge in [0.05, 0.1) is 5.52 Å². The normalized spacial score (nSPS) is 19.2. The van der Waals surface area contributed by atoms with Crippen molar-refractivity contribution >= 4 is 34.2 Å².